The monoisotopic (exact) mass is 423 g/mol. The fourth-order valence-electron chi connectivity index (χ4n) is 2.49. The lowest BCUT2D eigenvalue weighted by molar-refractivity contribution is -0.385. The van der Waals surface area contributed by atoms with E-state index in [2.05, 4.69) is 15.0 Å². The van der Waals surface area contributed by atoms with Gasteiger partial charge in [0.25, 0.3) is 11.6 Å². The summed E-state index contributed by atoms with van der Waals surface area (Å²) in [6.45, 7) is -2.17. The molecule has 1 aromatic carbocycles. The third-order valence-corrected chi connectivity index (χ3v) is 4.53. The second-order valence-corrected chi connectivity index (χ2v) is 6.63. The number of hydrogen-bond donors (Lipinski definition) is 0. The Bertz CT molecular complexity index is 1030. The van der Waals surface area contributed by atoms with Crippen molar-refractivity contribution in [1.29, 1.82) is 0 Å². The van der Waals surface area contributed by atoms with Crippen LogP contribution < -0.4 is 0 Å². The van der Waals surface area contributed by atoms with Crippen molar-refractivity contribution in [3.8, 4) is 10.8 Å². The highest BCUT2D eigenvalue weighted by molar-refractivity contribution is 7.13. The van der Waals surface area contributed by atoms with Crippen molar-refractivity contribution >= 4 is 22.9 Å². The number of amides is 1. The topological polar surface area (TPSA) is 102 Å². The maximum atomic E-state index is 13.0. The molecule has 0 atom stereocenters. The summed E-state index contributed by atoms with van der Waals surface area (Å²) in [5, 5.41) is 12.7. The first kappa shape index (κ1) is 20.3. The SMILES string of the molecule is O=C(c1csc(-c2ncccn2)n1)N(Cc1ccccc1[N+](=O)[O-])CC(F)(F)F. The Morgan fingerprint density at radius 3 is 2.52 bits per heavy atom. The van der Waals surface area contributed by atoms with Crippen molar-refractivity contribution in [1.82, 2.24) is 19.9 Å². The van der Waals surface area contributed by atoms with Gasteiger partial charge in [0, 0.05) is 29.4 Å². The van der Waals surface area contributed by atoms with Gasteiger partial charge in [0.2, 0.25) is 0 Å². The lowest BCUT2D eigenvalue weighted by Gasteiger charge is -2.23. The summed E-state index contributed by atoms with van der Waals surface area (Å²) in [5.41, 5.74) is -0.610. The maximum absolute atomic E-state index is 13.0. The number of carbonyl (C=O) groups is 1. The predicted octanol–water partition coefficient (Wildman–Crippen LogP) is 3.71. The Labute approximate surface area is 165 Å². The van der Waals surface area contributed by atoms with Gasteiger partial charge in [-0.05, 0) is 6.07 Å². The number of thiazole rings is 1. The summed E-state index contributed by atoms with van der Waals surface area (Å²) >= 11 is 1.01. The van der Waals surface area contributed by atoms with Crippen LogP contribution in [0.5, 0.6) is 0 Å². The molecule has 2 aromatic heterocycles. The van der Waals surface area contributed by atoms with Gasteiger partial charge in [0.05, 0.1) is 11.5 Å². The van der Waals surface area contributed by atoms with Crippen LogP contribution in [0.25, 0.3) is 10.8 Å². The third-order valence-electron chi connectivity index (χ3n) is 3.69. The van der Waals surface area contributed by atoms with Crippen LogP contribution in [0.2, 0.25) is 0 Å². The Kier molecular flexibility index (Phi) is 5.82. The molecule has 0 saturated heterocycles. The molecule has 0 N–H and O–H groups in total. The van der Waals surface area contributed by atoms with Crippen LogP contribution >= 0.6 is 11.3 Å². The number of nitro groups is 1. The second-order valence-electron chi connectivity index (χ2n) is 5.77. The van der Waals surface area contributed by atoms with E-state index in [0.717, 1.165) is 11.3 Å². The number of carbonyl (C=O) groups excluding carboxylic acids is 1. The molecule has 2 heterocycles. The number of nitrogens with zero attached hydrogens (tertiary/aromatic N) is 5. The van der Waals surface area contributed by atoms with Crippen LogP contribution in [0.4, 0.5) is 18.9 Å². The first-order valence-electron chi connectivity index (χ1n) is 8.06. The van der Waals surface area contributed by atoms with E-state index in [9.17, 15) is 28.1 Å². The molecule has 0 fully saturated rings. The molecule has 0 aliphatic heterocycles. The molecular weight excluding hydrogens is 411 g/mol. The van der Waals surface area contributed by atoms with E-state index < -0.39 is 30.1 Å². The van der Waals surface area contributed by atoms with Gasteiger partial charge < -0.3 is 4.90 Å². The number of alkyl halides is 3. The number of para-hydroxylation sites is 1. The largest absolute Gasteiger partial charge is 0.406 e. The molecule has 0 bridgehead atoms. The molecule has 1 amide bonds. The number of benzene rings is 1. The Balaban J connectivity index is 1.90. The molecule has 0 aliphatic carbocycles. The average molecular weight is 423 g/mol. The third kappa shape index (κ3) is 5.10. The van der Waals surface area contributed by atoms with Crippen molar-refractivity contribution in [2.75, 3.05) is 6.54 Å². The van der Waals surface area contributed by atoms with Gasteiger partial charge in [0.1, 0.15) is 12.2 Å². The fraction of sp³-hybridized carbons (Fsp3) is 0.176. The molecule has 29 heavy (non-hydrogen) atoms. The average Bonchev–Trinajstić information content (AvgIpc) is 3.17. The first-order valence-corrected chi connectivity index (χ1v) is 8.94. The Morgan fingerprint density at radius 1 is 1.17 bits per heavy atom. The van der Waals surface area contributed by atoms with Crippen molar-refractivity contribution in [2.24, 2.45) is 0 Å². The van der Waals surface area contributed by atoms with E-state index in [4.69, 9.17) is 0 Å². The number of hydrogen-bond acceptors (Lipinski definition) is 7. The van der Waals surface area contributed by atoms with Crippen molar-refractivity contribution < 1.29 is 22.9 Å². The van der Waals surface area contributed by atoms with Gasteiger partial charge in [-0.2, -0.15) is 13.2 Å². The molecule has 0 aliphatic rings. The molecule has 0 unspecified atom stereocenters. The minimum atomic E-state index is -4.69. The second kappa shape index (κ2) is 8.31. The highest BCUT2D eigenvalue weighted by Crippen LogP contribution is 2.26. The van der Waals surface area contributed by atoms with Gasteiger partial charge in [-0.25, -0.2) is 15.0 Å². The van der Waals surface area contributed by atoms with Gasteiger partial charge >= 0.3 is 6.18 Å². The van der Waals surface area contributed by atoms with E-state index in [-0.39, 0.29) is 27.8 Å². The van der Waals surface area contributed by atoms with E-state index in [1.165, 1.54) is 42.0 Å². The lowest BCUT2D eigenvalue weighted by Crippen LogP contribution is -2.38. The number of aromatic nitrogens is 3. The maximum Gasteiger partial charge on any atom is 0.406 e. The van der Waals surface area contributed by atoms with E-state index >= 15 is 0 Å². The highest BCUT2D eigenvalue weighted by Gasteiger charge is 2.35. The van der Waals surface area contributed by atoms with Gasteiger partial charge in [-0.1, -0.05) is 18.2 Å². The summed E-state index contributed by atoms with van der Waals surface area (Å²) in [4.78, 5) is 35.6. The molecule has 0 radical (unpaired) electrons. The van der Waals surface area contributed by atoms with Gasteiger partial charge in [-0.3, -0.25) is 14.9 Å². The Morgan fingerprint density at radius 2 is 1.86 bits per heavy atom. The fourth-order valence-corrected chi connectivity index (χ4v) is 3.23. The molecular formula is C17H12F3N5O3S. The molecule has 0 saturated carbocycles. The van der Waals surface area contributed by atoms with Crippen LogP contribution in [-0.4, -0.2) is 43.4 Å². The minimum Gasteiger partial charge on any atom is -0.324 e. The van der Waals surface area contributed by atoms with E-state index in [1.54, 1.807) is 6.07 Å². The predicted molar refractivity (Wildman–Crippen MR) is 97.0 cm³/mol. The summed E-state index contributed by atoms with van der Waals surface area (Å²) in [7, 11) is 0. The first-order chi connectivity index (χ1) is 13.7. The zero-order chi connectivity index (χ0) is 21.0. The molecule has 3 aromatic rings. The van der Waals surface area contributed by atoms with Gasteiger partial charge in [0.15, 0.2) is 10.8 Å². The normalized spacial score (nSPS) is 11.3. The molecule has 150 valence electrons. The summed E-state index contributed by atoms with van der Waals surface area (Å²) in [6, 6.07) is 6.90. The minimum absolute atomic E-state index is 0.0167. The summed E-state index contributed by atoms with van der Waals surface area (Å²) < 4.78 is 39.1. The van der Waals surface area contributed by atoms with Crippen molar-refractivity contribution in [3.63, 3.8) is 0 Å². The molecule has 12 heteroatoms. The van der Waals surface area contributed by atoms with Crippen LogP contribution in [0, 0.1) is 10.1 Å². The standard InChI is InChI=1S/C17H12F3N5O3S/c18-17(19,20)10-24(8-11-4-1-2-5-13(11)25(27)28)16(26)12-9-29-15(23-12)14-21-6-3-7-22-14/h1-7,9H,8,10H2. The van der Waals surface area contributed by atoms with Gasteiger partial charge in [-0.15, -0.1) is 11.3 Å². The van der Waals surface area contributed by atoms with E-state index in [1.807, 2.05) is 0 Å². The smallest absolute Gasteiger partial charge is 0.324 e. The summed E-state index contributed by atoms with van der Waals surface area (Å²) in [6.07, 6.45) is -1.76. The van der Waals surface area contributed by atoms with Crippen molar-refractivity contribution in [2.45, 2.75) is 12.7 Å². The lowest BCUT2D eigenvalue weighted by atomic mass is 10.1. The Hall–Kier alpha value is -3.41. The van der Waals surface area contributed by atoms with Crippen molar-refractivity contribution in [3.05, 3.63) is 69.5 Å². The zero-order valence-corrected chi connectivity index (χ0v) is 15.4. The number of rotatable bonds is 6. The molecule has 0 spiro atoms. The molecule has 8 nitrogen and oxygen atoms in total. The summed E-state index contributed by atoms with van der Waals surface area (Å²) in [5.74, 6) is -0.767. The van der Waals surface area contributed by atoms with Crippen LogP contribution in [0.1, 0.15) is 16.1 Å². The molecule has 3 rings (SSSR count). The highest BCUT2D eigenvalue weighted by atomic mass is 32.1. The van der Waals surface area contributed by atoms with Crippen LogP contribution in [0.3, 0.4) is 0 Å². The quantitative estimate of drug-likeness (QED) is 0.442. The number of nitro benzene ring substituents is 1. The van der Waals surface area contributed by atoms with Crippen LogP contribution in [-0.2, 0) is 6.54 Å². The number of halogens is 3. The van der Waals surface area contributed by atoms with Crippen LogP contribution in [0.15, 0.2) is 48.1 Å². The van der Waals surface area contributed by atoms with E-state index in [0.29, 0.717) is 4.90 Å². The zero-order valence-electron chi connectivity index (χ0n) is 14.5.